The van der Waals surface area contributed by atoms with E-state index >= 15 is 0 Å². The van der Waals surface area contributed by atoms with Gasteiger partial charge in [-0.2, -0.15) is 0 Å². The van der Waals surface area contributed by atoms with Crippen LogP contribution in [-0.4, -0.2) is 25.0 Å². The molecule has 1 aliphatic heterocycles. The van der Waals surface area contributed by atoms with Crippen molar-refractivity contribution in [3.05, 3.63) is 0 Å². The summed E-state index contributed by atoms with van der Waals surface area (Å²) in [5, 5.41) is 2.66. The van der Waals surface area contributed by atoms with Gasteiger partial charge in [0.2, 0.25) is 5.91 Å². The van der Waals surface area contributed by atoms with E-state index in [0.717, 1.165) is 0 Å². The molecule has 74 valence electrons. The average molecular weight is 185 g/mol. The second-order valence-corrected chi connectivity index (χ2v) is 3.89. The largest absolute Gasteiger partial charge is 0.465 e. The molecule has 0 saturated carbocycles. The molecular weight excluding hydrogens is 170 g/mol. The second-order valence-electron chi connectivity index (χ2n) is 3.89. The van der Waals surface area contributed by atoms with E-state index in [-0.39, 0.29) is 11.3 Å². The van der Waals surface area contributed by atoms with E-state index in [1.54, 1.807) is 6.92 Å². The van der Waals surface area contributed by atoms with Crippen LogP contribution in [0.3, 0.4) is 0 Å². The SMILES string of the molecule is CCOC(=O)C1C(=O)NCC1(C)C. The number of hydrogen-bond acceptors (Lipinski definition) is 3. The second kappa shape index (κ2) is 3.36. The number of amides is 1. The number of rotatable bonds is 2. The number of nitrogens with one attached hydrogen (secondary N) is 1. The Bertz CT molecular complexity index is 235. The molecule has 1 fully saturated rings. The summed E-state index contributed by atoms with van der Waals surface area (Å²) in [6, 6.07) is 0. The summed E-state index contributed by atoms with van der Waals surface area (Å²) in [7, 11) is 0. The van der Waals surface area contributed by atoms with Crippen LogP contribution < -0.4 is 5.32 Å². The van der Waals surface area contributed by atoms with Crippen molar-refractivity contribution >= 4 is 11.9 Å². The summed E-state index contributed by atoms with van der Waals surface area (Å²) in [6.45, 7) is 6.35. The van der Waals surface area contributed by atoms with Crippen LogP contribution in [0.15, 0.2) is 0 Å². The maximum Gasteiger partial charge on any atom is 0.319 e. The normalized spacial score (nSPS) is 25.5. The molecule has 4 nitrogen and oxygen atoms in total. The van der Waals surface area contributed by atoms with Crippen molar-refractivity contribution in [1.82, 2.24) is 5.32 Å². The summed E-state index contributed by atoms with van der Waals surface area (Å²) < 4.78 is 4.83. The van der Waals surface area contributed by atoms with Gasteiger partial charge in [0.25, 0.3) is 0 Å². The summed E-state index contributed by atoms with van der Waals surface area (Å²) >= 11 is 0. The third kappa shape index (κ3) is 1.82. The van der Waals surface area contributed by atoms with Crippen LogP contribution in [0.25, 0.3) is 0 Å². The predicted octanol–water partition coefficient (Wildman–Crippen LogP) is 0.322. The molecule has 1 aliphatic rings. The Hall–Kier alpha value is -1.06. The highest BCUT2D eigenvalue weighted by molar-refractivity contribution is 6.00. The molecule has 1 rings (SSSR count). The zero-order valence-electron chi connectivity index (χ0n) is 8.22. The van der Waals surface area contributed by atoms with Gasteiger partial charge in [-0.05, 0) is 6.92 Å². The van der Waals surface area contributed by atoms with Gasteiger partial charge in [-0.15, -0.1) is 0 Å². The Morgan fingerprint density at radius 1 is 1.69 bits per heavy atom. The molecule has 0 bridgehead atoms. The van der Waals surface area contributed by atoms with Gasteiger partial charge >= 0.3 is 5.97 Å². The van der Waals surface area contributed by atoms with Crippen LogP contribution in [0.5, 0.6) is 0 Å². The van der Waals surface area contributed by atoms with Crippen LogP contribution >= 0.6 is 0 Å². The molecule has 13 heavy (non-hydrogen) atoms. The molecule has 4 heteroatoms. The lowest BCUT2D eigenvalue weighted by atomic mass is 9.82. The monoisotopic (exact) mass is 185 g/mol. The Kier molecular flexibility index (Phi) is 2.59. The highest BCUT2D eigenvalue weighted by atomic mass is 16.5. The van der Waals surface area contributed by atoms with Crippen molar-refractivity contribution in [3.8, 4) is 0 Å². The van der Waals surface area contributed by atoms with E-state index in [2.05, 4.69) is 5.32 Å². The van der Waals surface area contributed by atoms with Crippen molar-refractivity contribution in [3.63, 3.8) is 0 Å². The predicted molar refractivity (Wildman–Crippen MR) is 46.9 cm³/mol. The van der Waals surface area contributed by atoms with E-state index < -0.39 is 11.9 Å². The molecule has 0 spiro atoms. The minimum atomic E-state index is -0.646. The van der Waals surface area contributed by atoms with Crippen molar-refractivity contribution in [2.24, 2.45) is 11.3 Å². The zero-order valence-corrected chi connectivity index (χ0v) is 8.22. The van der Waals surface area contributed by atoms with Crippen molar-refractivity contribution < 1.29 is 14.3 Å². The van der Waals surface area contributed by atoms with Crippen LogP contribution in [-0.2, 0) is 14.3 Å². The Morgan fingerprint density at radius 3 is 2.69 bits per heavy atom. The lowest BCUT2D eigenvalue weighted by molar-refractivity contribution is -0.153. The molecule has 0 radical (unpaired) electrons. The molecule has 1 heterocycles. The van der Waals surface area contributed by atoms with Crippen molar-refractivity contribution in [2.45, 2.75) is 20.8 Å². The van der Waals surface area contributed by atoms with E-state index in [1.165, 1.54) is 0 Å². The Balaban J connectivity index is 2.76. The highest BCUT2D eigenvalue weighted by Crippen LogP contribution is 2.31. The van der Waals surface area contributed by atoms with Gasteiger partial charge in [-0.25, -0.2) is 0 Å². The average Bonchev–Trinajstić information content (AvgIpc) is 2.26. The Morgan fingerprint density at radius 2 is 2.31 bits per heavy atom. The van der Waals surface area contributed by atoms with E-state index in [1.807, 2.05) is 13.8 Å². The highest BCUT2D eigenvalue weighted by Gasteiger charge is 2.46. The fourth-order valence-corrected chi connectivity index (χ4v) is 1.53. The number of carbonyl (C=O) groups excluding carboxylic acids is 2. The van der Waals surface area contributed by atoms with Gasteiger partial charge in [0.15, 0.2) is 0 Å². The molecular formula is C9H15NO3. The van der Waals surface area contributed by atoms with E-state index in [9.17, 15) is 9.59 Å². The third-order valence-corrected chi connectivity index (χ3v) is 2.28. The first kappa shape index (κ1) is 10.0. The van der Waals surface area contributed by atoms with Crippen LogP contribution in [0.1, 0.15) is 20.8 Å². The summed E-state index contributed by atoms with van der Waals surface area (Å²) in [4.78, 5) is 22.7. The van der Waals surface area contributed by atoms with Crippen LogP contribution in [0.4, 0.5) is 0 Å². The molecule has 0 aromatic rings. The number of ether oxygens (including phenoxy) is 1. The fourth-order valence-electron chi connectivity index (χ4n) is 1.53. The van der Waals surface area contributed by atoms with Crippen LogP contribution in [0, 0.1) is 11.3 Å². The summed E-state index contributed by atoms with van der Waals surface area (Å²) in [5.74, 6) is -1.28. The molecule has 0 aliphatic carbocycles. The molecule has 1 amide bonds. The lowest BCUT2D eigenvalue weighted by Gasteiger charge is -2.21. The molecule has 0 aromatic heterocycles. The van der Waals surface area contributed by atoms with Crippen molar-refractivity contribution in [2.75, 3.05) is 13.2 Å². The zero-order chi connectivity index (χ0) is 10.1. The first-order chi connectivity index (χ1) is 5.99. The van der Waals surface area contributed by atoms with Gasteiger partial charge in [0, 0.05) is 12.0 Å². The smallest absolute Gasteiger partial charge is 0.319 e. The van der Waals surface area contributed by atoms with Gasteiger partial charge in [-0.1, -0.05) is 13.8 Å². The summed E-state index contributed by atoms with van der Waals surface area (Å²) in [5.41, 5.74) is -0.330. The molecule has 1 unspecified atom stereocenters. The minimum Gasteiger partial charge on any atom is -0.465 e. The molecule has 1 atom stereocenters. The Labute approximate surface area is 77.6 Å². The quantitative estimate of drug-likeness (QED) is 0.498. The van der Waals surface area contributed by atoms with Gasteiger partial charge in [0.05, 0.1) is 6.61 Å². The van der Waals surface area contributed by atoms with E-state index in [4.69, 9.17) is 4.74 Å². The van der Waals surface area contributed by atoms with Gasteiger partial charge in [-0.3, -0.25) is 9.59 Å². The van der Waals surface area contributed by atoms with Gasteiger partial charge < -0.3 is 10.1 Å². The van der Waals surface area contributed by atoms with Gasteiger partial charge in [0.1, 0.15) is 5.92 Å². The number of esters is 1. The van der Waals surface area contributed by atoms with E-state index in [0.29, 0.717) is 13.2 Å². The summed E-state index contributed by atoms with van der Waals surface area (Å²) in [6.07, 6.45) is 0. The lowest BCUT2D eigenvalue weighted by Crippen LogP contribution is -2.33. The maximum atomic E-state index is 11.4. The third-order valence-electron chi connectivity index (χ3n) is 2.28. The molecule has 1 saturated heterocycles. The molecule has 1 N–H and O–H groups in total. The topological polar surface area (TPSA) is 55.4 Å². The van der Waals surface area contributed by atoms with Crippen LogP contribution in [0.2, 0.25) is 0 Å². The minimum absolute atomic E-state index is 0.219. The first-order valence-corrected chi connectivity index (χ1v) is 4.43. The molecule has 0 aromatic carbocycles. The standard InChI is InChI=1S/C9H15NO3/c1-4-13-8(12)6-7(11)10-5-9(6,2)3/h6H,4-5H2,1-3H3,(H,10,11). The van der Waals surface area contributed by atoms with Crippen molar-refractivity contribution in [1.29, 1.82) is 0 Å². The first-order valence-electron chi connectivity index (χ1n) is 4.43. The number of hydrogen-bond donors (Lipinski definition) is 1. The fraction of sp³-hybridized carbons (Fsp3) is 0.778. The maximum absolute atomic E-state index is 11.4. The number of carbonyl (C=O) groups is 2.